The summed E-state index contributed by atoms with van der Waals surface area (Å²) < 4.78 is 21.0. The number of carbonyl (C=O) groups is 2. The van der Waals surface area contributed by atoms with Crippen LogP contribution in [0.4, 0.5) is 14.9 Å². The molecule has 0 spiro atoms. The van der Waals surface area contributed by atoms with E-state index in [0.717, 1.165) is 4.90 Å². The van der Waals surface area contributed by atoms with E-state index in [4.69, 9.17) is 27.9 Å². The van der Waals surface area contributed by atoms with Gasteiger partial charge in [0.2, 0.25) is 0 Å². The highest BCUT2D eigenvalue weighted by atomic mass is 35.5. The molecule has 2 heterocycles. The third kappa shape index (κ3) is 3.71. The highest BCUT2D eigenvalue weighted by Crippen LogP contribution is 2.43. The van der Waals surface area contributed by atoms with Crippen molar-refractivity contribution in [3.8, 4) is 5.75 Å². The Labute approximate surface area is 193 Å². The number of rotatable bonds is 4. The van der Waals surface area contributed by atoms with Crippen molar-refractivity contribution in [2.75, 3.05) is 24.5 Å². The fourth-order valence-electron chi connectivity index (χ4n) is 4.69. The van der Waals surface area contributed by atoms with Crippen molar-refractivity contribution in [1.29, 1.82) is 0 Å². The van der Waals surface area contributed by atoms with Crippen LogP contribution in [-0.2, 0) is 11.2 Å². The van der Waals surface area contributed by atoms with Gasteiger partial charge in [-0.3, -0.25) is 9.69 Å². The van der Waals surface area contributed by atoms with Crippen LogP contribution in [0.2, 0.25) is 10.0 Å². The lowest BCUT2D eigenvalue weighted by atomic mass is 10.1. The number of benzene rings is 2. The smallest absolute Gasteiger partial charge is 0.329 e. The van der Waals surface area contributed by atoms with E-state index >= 15 is 0 Å². The summed E-state index contributed by atoms with van der Waals surface area (Å²) in [6.45, 7) is 1.04. The van der Waals surface area contributed by atoms with Gasteiger partial charge in [0.25, 0.3) is 5.91 Å². The molecule has 5 rings (SSSR count). The van der Waals surface area contributed by atoms with E-state index in [1.807, 2.05) is 0 Å². The maximum absolute atomic E-state index is 14.7. The number of ether oxygens (including phenoxy) is 1. The molecule has 168 valence electrons. The van der Waals surface area contributed by atoms with Crippen molar-refractivity contribution in [3.05, 3.63) is 57.3 Å². The number of nitrogens with one attached hydrogen (secondary N) is 1. The molecular weight excluding hydrogens is 460 g/mol. The van der Waals surface area contributed by atoms with E-state index in [-0.39, 0.29) is 34.3 Å². The molecule has 3 atom stereocenters. The Balaban J connectivity index is 1.52. The van der Waals surface area contributed by atoms with Gasteiger partial charge in [-0.2, -0.15) is 0 Å². The molecule has 32 heavy (non-hydrogen) atoms. The minimum absolute atomic E-state index is 0.0786. The number of likely N-dealkylation sites (tertiary alicyclic amines) is 1. The van der Waals surface area contributed by atoms with Gasteiger partial charge in [0.05, 0.1) is 29.4 Å². The first-order valence-electron chi connectivity index (χ1n) is 10.3. The standard InChI is InChI=1S/C22H20Cl2FN3O4/c23-11-5-15-14(17(25)6-11)8-18(27-4-3-13(29)10-27)21(15)32-19-7-12(1-2-16(19)24)28-20(30)9-26-22(28)31/h1-2,5-7,13,18,21,29H,3-4,8-10H2,(H,26,31)/t13-,18-,21+/m1/s1. The molecule has 0 saturated carbocycles. The maximum Gasteiger partial charge on any atom is 0.329 e. The number of imide groups is 1. The number of carbonyl (C=O) groups excluding carboxylic acids is 2. The third-order valence-corrected chi connectivity index (χ3v) is 6.73. The monoisotopic (exact) mass is 479 g/mol. The second kappa shape index (κ2) is 8.19. The third-order valence-electron chi connectivity index (χ3n) is 6.20. The number of β-amino-alcohol motifs (C(OH)–C–C–N with tert-alkyl or cyclic N) is 1. The van der Waals surface area contributed by atoms with Gasteiger partial charge in [0.1, 0.15) is 17.7 Å². The van der Waals surface area contributed by atoms with Crippen molar-refractivity contribution >= 4 is 40.8 Å². The Hall–Kier alpha value is -2.39. The predicted octanol–water partition coefficient (Wildman–Crippen LogP) is 3.30. The summed E-state index contributed by atoms with van der Waals surface area (Å²) in [5.41, 5.74) is 1.47. The summed E-state index contributed by atoms with van der Waals surface area (Å²) in [6.07, 6.45) is -0.00980. The second-order valence-electron chi connectivity index (χ2n) is 8.21. The highest BCUT2D eigenvalue weighted by Gasteiger charge is 2.42. The van der Waals surface area contributed by atoms with Gasteiger partial charge in [-0.05, 0) is 42.7 Å². The summed E-state index contributed by atoms with van der Waals surface area (Å²) in [5.74, 6) is -0.519. The fourth-order valence-corrected chi connectivity index (χ4v) is 5.07. The molecule has 3 amide bonds. The summed E-state index contributed by atoms with van der Waals surface area (Å²) in [4.78, 5) is 27.3. The van der Waals surface area contributed by atoms with Crippen LogP contribution in [0.1, 0.15) is 23.7 Å². The average Bonchev–Trinajstić information content (AvgIpc) is 3.42. The Morgan fingerprint density at radius 1 is 1.19 bits per heavy atom. The lowest BCUT2D eigenvalue weighted by Crippen LogP contribution is -2.39. The molecule has 1 aliphatic carbocycles. The van der Waals surface area contributed by atoms with Crippen LogP contribution in [0.15, 0.2) is 30.3 Å². The first kappa shape index (κ1) is 21.5. The summed E-state index contributed by atoms with van der Waals surface area (Å²) in [5, 5.41) is 13.1. The van der Waals surface area contributed by atoms with Crippen molar-refractivity contribution in [1.82, 2.24) is 10.2 Å². The number of aliphatic hydroxyl groups excluding tert-OH is 1. The lowest BCUT2D eigenvalue weighted by Gasteiger charge is -2.30. The molecule has 0 bridgehead atoms. The van der Waals surface area contributed by atoms with Crippen LogP contribution in [0.3, 0.4) is 0 Å². The number of nitrogens with zero attached hydrogens (tertiary/aromatic N) is 2. The van der Waals surface area contributed by atoms with Crippen LogP contribution in [-0.4, -0.2) is 53.7 Å². The van der Waals surface area contributed by atoms with E-state index in [0.29, 0.717) is 42.7 Å². The molecule has 2 fully saturated rings. The molecule has 10 heteroatoms. The SMILES string of the molecule is O=C1CNC(=O)N1c1ccc(Cl)c(O[C@H]2c3cc(Cl)cc(F)c3C[C@H]2N2CC[C@@H](O)C2)c1. The normalized spacial score (nSPS) is 25.4. The van der Waals surface area contributed by atoms with Crippen molar-refractivity contribution in [2.24, 2.45) is 0 Å². The number of fused-ring (bicyclic) bond motifs is 1. The fraction of sp³-hybridized carbons (Fsp3) is 0.364. The first-order valence-corrected chi connectivity index (χ1v) is 11.0. The Morgan fingerprint density at radius 2 is 2.00 bits per heavy atom. The van der Waals surface area contributed by atoms with Crippen LogP contribution in [0.5, 0.6) is 5.75 Å². The number of hydrogen-bond donors (Lipinski definition) is 2. The van der Waals surface area contributed by atoms with Crippen molar-refractivity contribution in [2.45, 2.75) is 31.1 Å². The Kier molecular flexibility index (Phi) is 5.49. The zero-order valence-electron chi connectivity index (χ0n) is 16.9. The summed E-state index contributed by atoms with van der Waals surface area (Å²) in [7, 11) is 0. The molecule has 3 aliphatic rings. The van der Waals surface area contributed by atoms with Gasteiger partial charge in [0, 0.05) is 29.7 Å². The number of urea groups is 1. The molecule has 0 unspecified atom stereocenters. The van der Waals surface area contributed by atoms with E-state index in [1.54, 1.807) is 18.2 Å². The Bertz CT molecular complexity index is 1100. The molecule has 0 aromatic heterocycles. The highest BCUT2D eigenvalue weighted by molar-refractivity contribution is 6.32. The van der Waals surface area contributed by atoms with Crippen molar-refractivity contribution in [3.63, 3.8) is 0 Å². The molecule has 2 aromatic carbocycles. The molecule has 7 nitrogen and oxygen atoms in total. The molecule has 2 aromatic rings. The van der Waals surface area contributed by atoms with Gasteiger partial charge >= 0.3 is 6.03 Å². The van der Waals surface area contributed by atoms with Gasteiger partial charge < -0.3 is 15.2 Å². The topological polar surface area (TPSA) is 82.1 Å². The van der Waals surface area contributed by atoms with Crippen LogP contribution < -0.4 is 15.0 Å². The molecular formula is C22H20Cl2FN3O4. The maximum atomic E-state index is 14.7. The molecule has 2 saturated heterocycles. The lowest BCUT2D eigenvalue weighted by molar-refractivity contribution is -0.115. The molecule has 2 N–H and O–H groups in total. The van der Waals surface area contributed by atoms with E-state index in [1.165, 1.54) is 12.1 Å². The number of amides is 3. The summed E-state index contributed by atoms with van der Waals surface area (Å²) >= 11 is 12.5. The zero-order valence-corrected chi connectivity index (χ0v) is 18.4. The van der Waals surface area contributed by atoms with Crippen LogP contribution >= 0.6 is 23.2 Å². The minimum atomic E-state index is -0.598. The van der Waals surface area contributed by atoms with Crippen LogP contribution in [0.25, 0.3) is 0 Å². The number of anilines is 1. The Morgan fingerprint density at radius 3 is 2.69 bits per heavy atom. The van der Waals surface area contributed by atoms with Crippen molar-refractivity contribution < 1.29 is 23.8 Å². The van der Waals surface area contributed by atoms with Gasteiger partial charge in [-0.15, -0.1) is 0 Å². The van der Waals surface area contributed by atoms with E-state index in [2.05, 4.69) is 10.2 Å². The van der Waals surface area contributed by atoms with Gasteiger partial charge in [-0.1, -0.05) is 23.2 Å². The van der Waals surface area contributed by atoms with E-state index < -0.39 is 24.1 Å². The van der Waals surface area contributed by atoms with Crippen LogP contribution in [0, 0.1) is 5.82 Å². The zero-order chi connectivity index (χ0) is 22.6. The summed E-state index contributed by atoms with van der Waals surface area (Å²) in [6, 6.07) is 6.86. The number of aliphatic hydroxyl groups is 1. The van der Waals surface area contributed by atoms with Gasteiger partial charge in [-0.25, -0.2) is 14.1 Å². The quantitative estimate of drug-likeness (QED) is 0.657. The largest absolute Gasteiger partial charge is 0.482 e. The molecule has 0 radical (unpaired) electrons. The predicted molar refractivity (Wildman–Crippen MR) is 117 cm³/mol. The second-order valence-corrected chi connectivity index (χ2v) is 9.05. The first-order chi connectivity index (χ1) is 15.3. The van der Waals surface area contributed by atoms with E-state index in [9.17, 15) is 19.1 Å². The average molecular weight is 480 g/mol. The minimum Gasteiger partial charge on any atom is -0.482 e. The van der Waals surface area contributed by atoms with Gasteiger partial charge in [0.15, 0.2) is 0 Å². The number of hydrogen-bond acceptors (Lipinski definition) is 5. The molecule has 2 aliphatic heterocycles. The number of halogens is 3.